The molecule has 5 aliphatic rings. The van der Waals surface area contributed by atoms with Crippen LogP contribution in [0.2, 0.25) is 10.0 Å². The molecule has 2 saturated heterocycles. The van der Waals surface area contributed by atoms with E-state index in [1.807, 2.05) is 97.2 Å². The van der Waals surface area contributed by atoms with Gasteiger partial charge in [0, 0.05) is 76.8 Å². The summed E-state index contributed by atoms with van der Waals surface area (Å²) in [5, 5.41) is 24.6. The number of anilines is 2. The highest BCUT2D eigenvalue weighted by molar-refractivity contribution is 6.33. The minimum Gasteiger partial charge on any atom is -0.425 e. The van der Waals surface area contributed by atoms with Crippen molar-refractivity contribution in [2.24, 2.45) is 20.7 Å². The van der Waals surface area contributed by atoms with E-state index in [9.17, 15) is 0 Å². The van der Waals surface area contributed by atoms with Gasteiger partial charge in [0.15, 0.2) is 6.19 Å². The molecule has 0 unspecified atom stereocenters. The van der Waals surface area contributed by atoms with Crippen LogP contribution >= 0.6 is 23.2 Å². The van der Waals surface area contributed by atoms with E-state index in [4.69, 9.17) is 65.2 Å². The van der Waals surface area contributed by atoms with Crippen molar-refractivity contribution in [2.75, 3.05) is 68.7 Å². The Morgan fingerprint density at radius 2 is 1.16 bits per heavy atom. The average molecular weight is 1230 g/mol. The Hall–Kier alpha value is -8.44. The molecule has 2 aromatic heterocycles. The van der Waals surface area contributed by atoms with Gasteiger partial charge in [0.2, 0.25) is 6.19 Å². The van der Waals surface area contributed by atoms with Crippen molar-refractivity contribution in [1.82, 2.24) is 30.9 Å². The number of aliphatic imine (C=N–C) groups is 3. The third-order valence-corrected chi connectivity index (χ3v) is 15.3. The second-order valence-electron chi connectivity index (χ2n) is 21.3. The maximum Gasteiger partial charge on any atom is 0.410 e. The van der Waals surface area contributed by atoms with Gasteiger partial charge < -0.3 is 40.0 Å². The number of allylic oxidation sites excluding steroid dienone is 3. The van der Waals surface area contributed by atoms with Gasteiger partial charge in [0.25, 0.3) is 5.96 Å². The number of nitriles is 2. The van der Waals surface area contributed by atoms with Crippen LogP contribution in [0.4, 0.5) is 11.6 Å². The topological polar surface area (TPSA) is 214 Å². The quantitative estimate of drug-likeness (QED) is 0.0164. The number of guanidine groups is 1. The molecule has 3 aromatic carbocycles. The van der Waals surface area contributed by atoms with Gasteiger partial charge in [-0.15, -0.1) is 0 Å². The number of amidine groups is 1. The molecular weight excluding hydrogens is 1150 g/mol. The number of ether oxygens (including phenoxy) is 3. The number of piperazine rings is 2. The van der Waals surface area contributed by atoms with E-state index in [1.165, 1.54) is 88.2 Å². The van der Waals surface area contributed by atoms with Crippen molar-refractivity contribution >= 4 is 52.9 Å². The molecule has 0 saturated carbocycles. The number of halogens is 2. The first kappa shape index (κ1) is 68.7. The van der Waals surface area contributed by atoms with Crippen LogP contribution in [0.5, 0.6) is 17.2 Å². The van der Waals surface area contributed by atoms with Gasteiger partial charge in [-0.1, -0.05) is 123 Å². The van der Waals surface area contributed by atoms with Gasteiger partial charge in [0.1, 0.15) is 28.9 Å². The van der Waals surface area contributed by atoms with E-state index >= 15 is 0 Å². The number of para-hydroxylation sites is 3. The van der Waals surface area contributed by atoms with Gasteiger partial charge >= 0.3 is 12.1 Å². The number of pyridine rings is 2. The Morgan fingerprint density at radius 1 is 0.659 bits per heavy atom. The fourth-order valence-electron chi connectivity index (χ4n) is 10.3. The molecular formula is C68H85Cl2N15O3. The predicted octanol–water partition coefficient (Wildman–Crippen LogP) is 13.6. The summed E-state index contributed by atoms with van der Waals surface area (Å²) in [6.45, 7) is 19.0. The number of nitrogens with two attached hydrogens (primary N) is 1. The maximum atomic E-state index is 8.73. The molecule has 5 N–H and O–H groups in total. The van der Waals surface area contributed by atoms with Crippen molar-refractivity contribution in [1.29, 1.82) is 10.5 Å². The van der Waals surface area contributed by atoms with Crippen LogP contribution in [0.15, 0.2) is 178 Å². The van der Waals surface area contributed by atoms with Crippen molar-refractivity contribution in [3.05, 3.63) is 184 Å². The predicted molar refractivity (Wildman–Crippen MR) is 356 cm³/mol. The zero-order chi connectivity index (χ0) is 62.2. The van der Waals surface area contributed by atoms with Gasteiger partial charge in [-0.05, 0) is 177 Å². The SMILES string of the molecule is C[C@@H]1CN(c2ncccc2Cl)CCN1.N#CN=C(Oc1ccccc1)Oc1ccccc1.N#CNC(=NCCC1=CCCCC1)Oc1ccccc1.NCCC1=CCCCC1.[C-]#[N+]NC(=NCCC1=CCCCC1)N1CCN(c2ncccc2Cl)C[C@H]1C. The van der Waals surface area contributed by atoms with Gasteiger partial charge in [-0.3, -0.25) is 0 Å². The van der Waals surface area contributed by atoms with E-state index in [1.54, 1.807) is 48.4 Å². The summed E-state index contributed by atoms with van der Waals surface area (Å²) in [4.78, 5) is 31.2. The molecule has 2 fully saturated rings. The molecule has 2 atom stereocenters. The molecule has 3 aliphatic carbocycles. The van der Waals surface area contributed by atoms with Crippen LogP contribution in [0.1, 0.15) is 110 Å². The van der Waals surface area contributed by atoms with E-state index in [2.05, 4.69) is 87.7 Å². The number of nitrogens with one attached hydrogen (secondary N) is 3. The largest absolute Gasteiger partial charge is 0.425 e. The van der Waals surface area contributed by atoms with Crippen LogP contribution < -0.4 is 45.8 Å². The first-order chi connectivity index (χ1) is 43.2. The summed E-state index contributed by atoms with van der Waals surface area (Å²) in [6, 6.07) is 35.8. The Kier molecular flexibility index (Phi) is 31.9. The fraction of sp³-hybridized carbons (Fsp3) is 0.412. The van der Waals surface area contributed by atoms with Crippen LogP contribution in [0, 0.1) is 29.5 Å². The molecule has 0 amide bonds. The summed E-state index contributed by atoms with van der Waals surface area (Å²) in [5.41, 5.74) is 12.8. The second-order valence-corrected chi connectivity index (χ2v) is 22.2. The van der Waals surface area contributed by atoms with Crippen LogP contribution in [-0.2, 0) is 0 Å². The summed E-state index contributed by atoms with van der Waals surface area (Å²) >= 11 is 12.4. The molecule has 5 aromatic rings. The lowest BCUT2D eigenvalue weighted by atomic mass is 9.97. The lowest BCUT2D eigenvalue weighted by Crippen LogP contribution is -2.56. The fourth-order valence-corrected chi connectivity index (χ4v) is 10.8. The molecule has 0 bridgehead atoms. The molecule has 10 rings (SSSR count). The standard InChI is InChI=1S/C20H27ClN6.C16H19N3O.C14H10N2O2.C10H14ClN3.C8H15N/c1-16-15-26(19-18(21)9-6-11-23-19)13-14-27(16)20(25-22-2)24-12-10-17-7-4-3-5-8-17;17-13-19-16(20-15-9-5-2-6-10-15)18-12-11-14-7-3-1-4-8-14;15-11-16-14(17-12-7-3-1-4-8-12)18-13-9-5-2-6-10-13;1-8-7-14(6-5-12-8)10-9(11)3-2-4-13-10;9-7-6-8-4-2-1-3-5-8/h6-7,9,11,16H,3-5,8,10,12-15H2,1H3,(H,24,25);2,5-7,9-10H,1,3-4,8,11-12H2,(H,18,19);1-10H;2-4,8,12H,5-7H2,1H3;4H,1-3,5-7,9H2/t16-;;;8-;/m1..1./s1. The molecule has 18 nitrogen and oxygen atoms in total. The Balaban J connectivity index is 0.000000182. The van der Waals surface area contributed by atoms with E-state index in [0.717, 1.165) is 88.3 Å². The molecule has 2 aliphatic heterocycles. The smallest absolute Gasteiger partial charge is 0.410 e. The second kappa shape index (κ2) is 40.8. The van der Waals surface area contributed by atoms with Gasteiger partial charge in [-0.2, -0.15) is 22.0 Å². The highest BCUT2D eigenvalue weighted by Crippen LogP contribution is 2.27. The van der Waals surface area contributed by atoms with Crippen molar-refractivity contribution < 1.29 is 14.2 Å². The molecule has 88 heavy (non-hydrogen) atoms. The number of rotatable bonds is 13. The van der Waals surface area contributed by atoms with Crippen molar-refractivity contribution in [2.45, 2.75) is 122 Å². The molecule has 20 heteroatoms. The third-order valence-electron chi connectivity index (χ3n) is 14.7. The van der Waals surface area contributed by atoms with Crippen LogP contribution in [0.25, 0.3) is 4.95 Å². The molecule has 0 radical (unpaired) electrons. The summed E-state index contributed by atoms with van der Waals surface area (Å²) < 4.78 is 16.3. The Bertz CT molecular complexity index is 3120. The lowest BCUT2D eigenvalue weighted by Gasteiger charge is -2.40. The molecule has 4 heterocycles. The third kappa shape index (κ3) is 25.9. The van der Waals surface area contributed by atoms with Gasteiger partial charge in [0.05, 0.1) is 10.0 Å². The van der Waals surface area contributed by atoms with Gasteiger partial charge in [-0.25, -0.2) is 25.3 Å². The number of hydrogen-bond acceptors (Lipinski definition) is 14. The van der Waals surface area contributed by atoms with E-state index < -0.39 is 0 Å². The average Bonchev–Trinajstić information content (AvgIpc) is 3.57. The summed E-state index contributed by atoms with van der Waals surface area (Å²) in [6.07, 6.45) is 32.3. The monoisotopic (exact) mass is 1230 g/mol. The maximum absolute atomic E-state index is 8.73. The highest BCUT2D eigenvalue weighted by atomic mass is 35.5. The minimum absolute atomic E-state index is 0.102. The van der Waals surface area contributed by atoms with Crippen molar-refractivity contribution in [3.8, 4) is 29.6 Å². The van der Waals surface area contributed by atoms with E-state index in [-0.39, 0.29) is 18.1 Å². The van der Waals surface area contributed by atoms with Crippen LogP contribution in [0.3, 0.4) is 0 Å². The highest BCUT2D eigenvalue weighted by Gasteiger charge is 2.29. The Morgan fingerprint density at radius 3 is 1.60 bits per heavy atom. The summed E-state index contributed by atoms with van der Waals surface area (Å²) in [7, 11) is 0. The summed E-state index contributed by atoms with van der Waals surface area (Å²) in [5.74, 6) is 4.20. The van der Waals surface area contributed by atoms with E-state index in [0.29, 0.717) is 40.8 Å². The Labute approximate surface area is 531 Å². The first-order valence-corrected chi connectivity index (χ1v) is 31.4. The zero-order valence-corrected chi connectivity index (χ0v) is 52.5. The normalized spacial score (nSPS) is 17.2. The number of hydrogen-bond donors (Lipinski definition) is 4. The van der Waals surface area contributed by atoms with Crippen LogP contribution in [-0.4, -0.2) is 104 Å². The zero-order valence-electron chi connectivity index (χ0n) is 51.0. The van der Waals surface area contributed by atoms with Crippen molar-refractivity contribution in [3.63, 3.8) is 0 Å². The lowest BCUT2D eigenvalue weighted by molar-refractivity contribution is 0.290. The number of aromatic nitrogens is 2. The number of benzene rings is 3. The molecule has 0 spiro atoms. The minimum atomic E-state index is -0.102. The number of nitrogens with zero attached hydrogens (tertiary/aromatic N) is 11. The molecule has 464 valence electrons. The first-order valence-electron chi connectivity index (χ1n) is 30.6.